The molecular weight excluding hydrogens is 356 g/mol. The summed E-state index contributed by atoms with van der Waals surface area (Å²) in [7, 11) is 0. The van der Waals surface area contributed by atoms with Crippen molar-refractivity contribution >= 4 is 38.3 Å². The highest BCUT2D eigenvalue weighted by Crippen LogP contribution is 2.33. The molecule has 1 aromatic carbocycles. The number of aryl methyl sites for hydroxylation is 1. The van der Waals surface area contributed by atoms with Gasteiger partial charge in [0, 0.05) is 22.4 Å². The molecule has 0 amide bonds. The van der Waals surface area contributed by atoms with E-state index in [1.165, 1.54) is 4.70 Å². The van der Waals surface area contributed by atoms with Crippen LogP contribution in [0, 0.1) is 6.92 Å². The molecule has 27 heavy (non-hydrogen) atoms. The van der Waals surface area contributed by atoms with Gasteiger partial charge in [-0.2, -0.15) is 0 Å². The first-order valence-corrected chi connectivity index (χ1v) is 10.2. The topological polar surface area (TPSA) is 73.8 Å². The molecule has 1 fully saturated rings. The second-order valence-corrected chi connectivity index (χ2v) is 8.23. The lowest BCUT2D eigenvalue weighted by atomic mass is 10.1. The molecule has 6 heteroatoms. The SMILES string of the molecule is Cc1cc(=O)n(C2CCCC2)c2nc(-c3ccc4sccc4c3)nc(N)c12. The Labute approximate surface area is 160 Å². The number of aromatic nitrogens is 3. The monoisotopic (exact) mass is 376 g/mol. The fourth-order valence-corrected chi connectivity index (χ4v) is 4.97. The van der Waals surface area contributed by atoms with E-state index in [-0.39, 0.29) is 11.6 Å². The van der Waals surface area contributed by atoms with Gasteiger partial charge in [0.1, 0.15) is 11.5 Å². The maximum atomic E-state index is 12.8. The van der Waals surface area contributed by atoms with Gasteiger partial charge in [-0.25, -0.2) is 9.97 Å². The lowest BCUT2D eigenvalue weighted by molar-refractivity contribution is 0.515. The number of rotatable bonds is 2. The van der Waals surface area contributed by atoms with E-state index in [1.807, 2.05) is 17.6 Å². The molecule has 0 spiro atoms. The zero-order chi connectivity index (χ0) is 18.5. The van der Waals surface area contributed by atoms with E-state index in [2.05, 4.69) is 28.6 Å². The Bertz CT molecular complexity index is 1230. The van der Waals surface area contributed by atoms with E-state index in [0.717, 1.165) is 47.6 Å². The Morgan fingerprint density at radius 3 is 2.78 bits per heavy atom. The van der Waals surface area contributed by atoms with Crippen LogP contribution >= 0.6 is 11.3 Å². The second kappa shape index (κ2) is 6.16. The molecule has 5 rings (SSSR count). The highest BCUT2D eigenvalue weighted by molar-refractivity contribution is 7.17. The largest absolute Gasteiger partial charge is 0.383 e. The van der Waals surface area contributed by atoms with Crippen LogP contribution in [-0.4, -0.2) is 14.5 Å². The average Bonchev–Trinajstić information content (AvgIpc) is 3.32. The van der Waals surface area contributed by atoms with Crippen LogP contribution in [0.3, 0.4) is 0 Å². The van der Waals surface area contributed by atoms with Crippen molar-refractivity contribution in [1.82, 2.24) is 14.5 Å². The van der Waals surface area contributed by atoms with E-state index in [9.17, 15) is 4.79 Å². The molecule has 1 aliphatic rings. The third-order valence-corrected chi connectivity index (χ3v) is 6.42. The summed E-state index contributed by atoms with van der Waals surface area (Å²) < 4.78 is 3.08. The molecule has 0 radical (unpaired) electrons. The Hall–Kier alpha value is -2.73. The number of thiophene rings is 1. The molecule has 136 valence electrons. The van der Waals surface area contributed by atoms with Crippen molar-refractivity contribution in [2.45, 2.75) is 38.6 Å². The molecule has 5 nitrogen and oxygen atoms in total. The van der Waals surface area contributed by atoms with Crippen LogP contribution in [0.5, 0.6) is 0 Å². The van der Waals surface area contributed by atoms with Gasteiger partial charge in [0.25, 0.3) is 5.56 Å². The Morgan fingerprint density at radius 1 is 1.15 bits per heavy atom. The van der Waals surface area contributed by atoms with Gasteiger partial charge in [-0.15, -0.1) is 11.3 Å². The minimum absolute atomic E-state index is 0.00392. The molecular formula is C21H20N4OS. The average molecular weight is 376 g/mol. The Kier molecular flexibility index (Phi) is 3.75. The van der Waals surface area contributed by atoms with E-state index < -0.39 is 0 Å². The molecule has 0 aliphatic heterocycles. The minimum atomic E-state index is 0.00392. The molecule has 0 saturated heterocycles. The van der Waals surface area contributed by atoms with E-state index in [0.29, 0.717) is 17.3 Å². The maximum Gasteiger partial charge on any atom is 0.252 e. The van der Waals surface area contributed by atoms with Crippen LogP contribution in [0.15, 0.2) is 40.5 Å². The lowest BCUT2D eigenvalue weighted by Crippen LogP contribution is -2.25. The van der Waals surface area contributed by atoms with Crippen molar-refractivity contribution in [2.75, 3.05) is 5.73 Å². The number of anilines is 1. The molecule has 4 aromatic rings. The van der Waals surface area contributed by atoms with Gasteiger partial charge in [0.2, 0.25) is 0 Å². The zero-order valence-corrected chi connectivity index (χ0v) is 15.9. The summed E-state index contributed by atoms with van der Waals surface area (Å²) in [6.45, 7) is 1.90. The third kappa shape index (κ3) is 2.63. The van der Waals surface area contributed by atoms with Crippen molar-refractivity contribution in [3.63, 3.8) is 0 Å². The van der Waals surface area contributed by atoms with Gasteiger partial charge < -0.3 is 5.73 Å². The minimum Gasteiger partial charge on any atom is -0.383 e. The molecule has 3 aromatic heterocycles. The van der Waals surface area contributed by atoms with E-state index in [4.69, 9.17) is 10.7 Å². The summed E-state index contributed by atoms with van der Waals surface area (Å²) in [6.07, 6.45) is 4.32. The molecule has 0 unspecified atom stereocenters. The zero-order valence-electron chi connectivity index (χ0n) is 15.1. The van der Waals surface area contributed by atoms with Gasteiger partial charge in [0.05, 0.1) is 5.39 Å². The number of pyridine rings is 1. The molecule has 1 saturated carbocycles. The normalized spacial score (nSPS) is 15.1. The van der Waals surface area contributed by atoms with E-state index in [1.54, 1.807) is 17.4 Å². The first-order chi connectivity index (χ1) is 13.1. The van der Waals surface area contributed by atoms with Gasteiger partial charge in [-0.05, 0) is 60.4 Å². The first-order valence-electron chi connectivity index (χ1n) is 9.29. The number of nitrogen functional groups attached to an aromatic ring is 1. The van der Waals surface area contributed by atoms with Crippen molar-refractivity contribution in [3.8, 4) is 11.4 Å². The highest BCUT2D eigenvalue weighted by Gasteiger charge is 2.23. The van der Waals surface area contributed by atoms with Crippen LogP contribution in [0.4, 0.5) is 5.82 Å². The number of nitrogens with zero attached hydrogens (tertiary/aromatic N) is 3. The number of fused-ring (bicyclic) bond motifs is 2. The first kappa shape index (κ1) is 16.4. The van der Waals surface area contributed by atoms with Crippen LogP contribution in [0.1, 0.15) is 37.3 Å². The van der Waals surface area contributed by atoms with Crippen LogP contribution in [0.2, 0.25) is 0 Å². The predicted octanol–water partition coefficient (Wildman–Crippen LogP) is 4.68. The smallest absolute Gasteiger partial charge is 0.252 e. The van der Waals surface area contributed by atoms with Gasteiger partial charge in [-0.1, -0.05) is 12.8 Å². The second-order valence-electron chi connectivity index (χ2n) is 7.28. The number of hydrogen-bond acceptors (Lipinski definition) is 5. The molecule has 1 aliphatic carbocycles. The quantitative estimate of drug-likeness (QED) is 0.551. The standard InChI is InChI=1S/C21H20N4OS/c1-12-10-17(26)25(15-4-2-3-5-15)21-18(12)19(22)23-20(24-21)14-6-7-16-13(11-14)8-9-27-16/h6-11,15H,2-5H2,1H3,(H2,22,23,24). The van der Waals surface area contributed by atoms with Gasteiger partial charge in [0.15, 0.2) is 5.82 Å². The fraction of sp³-hybridized carbons (Fsp3) is 0.286. The summed E-state index contributed by atoms with van der Waals surface area (Å²) in [6, 6.07) is 10.1. The van der Waals surface area contributed by atoms with E-state index >= 15 is 0 Å². The molecule has 3 heterocycles. The maximum absolute atomic E-state index is 12.8. The predicted molar refractivity (Wildman–Crippen MR) is 111 cm³/mol. The highest BCUT2D eigenvalue weighted by atomic mass is 32.1. The summed E-state index contributed by atoms with van der Waals surface area (Å²) in [4.78, 5) is 22.2. The Balaban J connectivity index is 1.79. The van der Waals surface area contributed by atoms with Crippen LogP contribution < -0.4 is 11.3 Å². The van der Waals surface area contributed by atoms with Crippen molar-refractivity contribution in [1.29, 1.82) is 0 Å². The number of hydrogen-bond donors (Lipinski definition) is 1. The molecule has 0 atom stereocenters. The number of benzene rings is 1. The lowest BCUT2D eigenvalue weighted by Gasteiger charge is -2.18. The molecule has 0 bridgehead atoms. The third-order valence-electron chi connectivity index (χ3n) is 5.52. The van der Waals surface area contributed by atoms with Crippen molar-refractivity contribution in [2.24, 2.45) is 0 Å². The summed E-state index contributed by atoms with van der Waals surface area (Å²) in [5, 5.41) is 4.03. The van der Waals surface area contributed by atoms with Crippen LogP contribution in [-0.2, 0) is 0 Å². The van der Waals surface area contributed by atoms with Gasteiger partial charge >= 0.3 is 0 Å². The fourth-order valence-electron chi connectivity index (χ4n) is 4.20. The van der Waals surface area contributed by atoms with Crippen LogP contribution in [0.25, 0.3) is 32.5 Å². The Morgan fingerprint density at radius 2 is 1.96 bits per heavy atom. The summed E-state index contributed by atoms with van der Waals surface area (Å²) in [5.74, 6) is 1.01. The molecule has 2 N–H and O–H groups in total. The van der Waals surface area contributed by atoms with Gasteiger partial charge in [-0.3, -0.25) is 9.36 Å². The summed E-state index contributed by atoms with van der Waals surface area (Å²) >= 11 is 1.71. The summed E-state index contributed by atoms with van der Waals surface area (Å²) in [5.41, 5.74) is 8.76. The van der Waals surface area contributed by atoms with Crippen molar-refractivity contribution < 1.29 is 0 Å². The number of nitrogens with two attached hydrogens (primary N) is 1. The van der Waals surface area contributed by atoms with Crippen molar-refractivity contribution in [3.05, 3.63) is 51.6 Å².